The third-order valence-electron chi connectivity index (χ3n) is 2.28. The Balaban J connectivity index is 2.59. The van der Waals surface area contributed by atoms with Crippen LogP contribution in [0.3, 0.4) is 0 Å². The number of pyridine rings is 1. The van der Waals surface area contributed by atoms with E-state index in [0.29, 0.717) is 17.7 Å². The number of anilines is 1. The summed E-state index contributed by atoms with van der Waals surface area (Å²) < 4.78 is 22.6. The van der Waals surface area contributed by atoms with E-state index in [1.807, 2.05) is 0 Å². The van der Waals surface area contributed by atoms with Crippen molar-refractivity contribution in [1.29, 1.82) is 0 Å². The van der Waals surface area contributed by atoms with Crippen LogP contribution in [0.2, 0.25) is 0 Å². The SMILES string of the molecule is Nc1cc2c([nH]c1=O)CCS(=O)(=O)C2. The van der Waals surface area contributed by atoms with E-state index >= 15 is 0 Å². The third kappa shape index (κ3) is 1.52. The highest BCUT2D eigenvalue weighted by Gasteiger charge is 2.22. The zero-order chi connectivity index (χ0) is 10.3. The lowest BCUT2D eigenvalue weighted by atomic mass is 10.1. The molecule has 0 spiro atoms. The molecule has 0 unspecified atom stereocenters. The first-order chi connectivity index (χ1) is 6.48. The van der Waals surface area contributed by atoms with Crippen molar-refractivity contribution < 1.29 is 8.42 Å². The number of hydrogen-bond acceptors (Lipinski definition) is 4. The van der Waals surface area contributed by atoms with Gasteiger partial charge >= 0.3 is 0 Å². The first kappa shape index (κ1) is 9.26. The molecule has 2 heterocycles. The van der Waals surface area contributed by atoms with Crippen LogP contribution in [0.1, 0.15) is 11.3 Å². The molecule has 1 aromatic heterocycles. The van der Waals surface area contributed by atoms with Crippen molar-refractivity contribution in [2.75, 3.05) is 11.5 Å². The van der Waals surface area contributed by atoms with Crippen molar-refractivity contribution in [3.05, 3.63) is 27.7 Å². The first-order valence-corrected chi connectivity index (χ1v) is 6.01. The van der Waals surface area contributed by atoms with Crippen LogP contribution in [0.4, 0.5) is 5.69 Å². The molecule has 0 amide bonds. The highest BCUT2D eigenvalue weighted by atomic mass is 32.2. The monoisotopic (exact) mass is 214 g/mol. The van der Waals surface area contributed by atoms with Crippen molar-refractivity contribution in [1.82, 2.24) is 4.98 Å². The number of aromatic amines is 1. The van der Waals surface area contributed by atoms with Crippen molar-refractivity contribution in [2.24, 2.45) is 0 Å². The van der Waals surface area contributed by atoms with Crippen LogP contribution in [-0.2, 0) is 22.0 Å². The normalized spacial score (nSPS) is 18.9. The van der Waals surface area contributed by atoms with Crippen LogP contribution in [0.5, 0.6) is 0 Å². The lowest BCUT2D eigenvalue weighted by Gasteiger charge is -2.15. The largest absolute Gasteiger partial charge is 0.394 e. The van der Waals surface area contributed by atoms with Gasteiger partial charge in [0.1, 0.15) is 0 Å². The second kappa shape index (κ2) is 2.84. The van der Waals surface area contributed by atoms with Crippen LogP contribution < -0.4 is 11.3 Å². The second-order valence-corrected chi connectivity index (χ2v) is 5.58. The Morgan fingerprint density at radius 3 is 2.86 bits per heavy atom. The number of rotatable bonds is 0. The number of hydrogen-bond donors (Lipinski definition) is 2. The Hall–Kier alpha value is -1.30. The molecule has 0 radical (unpaired) electrons. The molecular weight excluding hydrogens is 204 g/mol. The summed E-state index contributed by atoms with van der Waals surface area (Å²) >= 11 is 0. The fourth-order valence-corrected chi connectivity index (χ4v) is 2.94. The summed E-state index contributed by atoms with van der Waals surface area (Å²) in [5, 5.41) is 0. The molecule has 1 aliphatic heterocycles. The molecule has 0 aliphatic carbocycles. The molecule has 2 rings (SSSR count). The number of aromatic nitrogens is 1. The predicted octanol–water partition coefficient (Wildman–Crippen LogP) is -0.572. The van der Waals surface area contributed by atoms with E-state index in [0.717, 1.165) is 0 Å². The Morgan fingerprint density at radius 2 is 2.14 bits per heavy atom. The molecule has 0 bridgehead atoms. The van der Waals surface area contributed by atoms with Crippen LogP contribution in [0, 0.1) is 0 Å². The maximum absolute atomic E-state index is 11.3. The minimum Gasteiger partial charge on any atom is -0.394 e. The van der Waals surface area contributed by atoms with Gasteiger partial charge in [0.2, 0.25) is 0 Å². The number of nitrogens with two attached hydrogens (primary N) is 1. The number of nitrogen functional groups attached to an aromatic ring is 1. The standard InChI is InChI=1S/C8H10N2O3S/c9-6-3-5-4-14(12,13)2-1-7(5)10-8(6)11/h3H,1-2,4,9H2,(H,10,11). The van der Waals surface area contributed by atoms with Gasteiger partial charge in [0.15, 0.2) is 9.84 Å². The third-order valence-corrected chi connectivity index (χ3v) is 3.86. The fourth-order valence-electron chi connectivity index (χ4n) is 1.55. The summed E-state index contributed by atoms with van der Waals surface area (Å²) in [7, 11) is -3.00. The number of aryl methyl sites for hydroxylation is 1. The molecule has 14 heavy (non-hydrogen) atoms. The van der Waals surface area contributed by atoms with Crippen LogP contribution in [0.15, 0.2) is 10.9 Å². The van der Waals surface area contributed by atoms with Gasteiger partial charge in [0.05, 0.1) is 17.2 Å². The van der Waals surface area contributed by atoms with E-state index in [1.54, 1.807) is 0 Å². The van der Waals surface area contributed by atoms with Gasteiger partial charge in [-0.1, -0.05) is 0 Å². The average Bonchev–Trinajstić information content (AvgIpc) is 2.07. The lowest BCUT2D eigenvalue weighted by Crippen LogP contribution is -2.24. The van der Waals surface area contributed by atoms with E-state index in [4.69, 9.17) is 5.73 Å². The molecular formula is C8H10N2O3S. The van der Waals surface area contributed by atoms with E-state index in [9.17, 15) is 13.2 Å². The average molecular weight is 214 g/mol. The Bertz CT molecular complexity index is 530. The molecule has 0 aromatic carbocycles. The van der Waals surface area contributed by atoms with E-state index in [-0.39, 0.29) is 22.8 Å². The molecule has 76 valence electrons. The number of H-pyrrole nitrogens is 1. The summed E-state index contributed by atoms with van der Waals surface area (Å²) in [5.41, 5.74) is 6.43. The molecule has 1 aliphatic rings. The van der Waals surface area contributed by atoms with Crippen LogP contribution in [-0.4, -0.2) is 19.2 Å². The molecule has 6 heteroatoms. The van der Waals surface area contributed by atoms with Gasteiger partial charge in [0.25, 0.3) is 5.56 Å². The Kier molecular flexibility index (Phi) is 1.88. The highest BCUT2D eigenvalue weighted by molar-refractivity contribution is 7.90. The number of nitrogens with one attached hydrogen (secondary N) is 1. The fraction of sp³-hybridized carbons (Fsp3) is 0.375. The molecule has 0 fully saturated rings. The van der Waals surface area contributed by atoms with Gasteiger partial charge in [-0.2, -0.15) is 0 Å². The summed E-state index contributed by atoms with van der Waals surface area (Å²) in [4.78, 5) is 13.7. The van der Waals surface area contributed by atoms with E-state index in [2.05, 4.69) is 4.98 Å². The summed E-state index contributed by atoms with van der Waals surface area (Å²) in [6.45, 7) is 0. The highest BCUT2D eigenvalue weighted by Crippen LogP contribution is 2.18. The van der Waals surface area contributed by atoms with Gasteiger partial charge in [-0.3, -0.25) is 4.79 Å². The second-order valence-electron chi connectivity index (χ2n) is 3.40. The summed E-state index contributed by atoms with van der Waals surface area (Å²) in [6, 6.07) is 1.45. The number of fused-ring (bicyclic) bond motifs is 1. The first-order valence-electron chi connectivity index (χ1n) is 4.19. The van der Waals surface area contributed by atoms with Crippen molar-refractivity contribution in [3.63, 3.8) is 0 Å². The van der Waals surface area contributed by atoms with E-state index < -0.39 is 9.84 Å². The van der Waals surface area contributed by atoms with Gasteiger partial charge < -0.3 is 10.7 Å². The molecule has 5 nitrogen and oxygen atoms in total. The smallest absolute Gasteiger partial charge is 0.271 e. The van der Waals surface area contributed by atoms with Gasteiger partial charge in [-0.05, 0) is 11.6 Å². The summed E-state index contributed by atoms with van der Waals surface area (Å²) in [6.07, 6.45) is 0.368. The van der Waals surface area contributed by atoms with Crippen LogP contribution in [0.25, 0.3) is 0 Å². The minimum atomic E-state index is -3.00. The molecule has 3 N–H and O–H groups in total. The summed E-state index contributed by atoms with van der Waals surface area (Å²) in [5.74, 6) is 0.0726. The molecule has 0 atom stereocenters. The van der Waals surface area contributed by atoms with Crippen molar-refractivity contribution in [2.45, 2.75) is 12.2 Å². The number of sulfone groups is 1. The van der Waals surface area contributed by atoms with Gasteiger partial charge in [-0.15, -0.1) is 0 Å². The van der Waals surface area contributed by atoms with Crippen molar-refractivity contribution in [3.8, 4) is 0 Å². The topological polar surface area (TPSA) is 93.0 Å². The molecule has 1 aromatic rings. The Morgan fingerprint density at radius 1 is 1.43 bits per heavy atom. The zero-order valence-electron chi connectivity index (χ0n) is 7.41. The van der Waals surface area contributed by atoms with Gasteiger partial charge in [-0.25, -0.2) is 8.42 Å². The zero-order valence-corrected chi connectivity index (χ0v) is 8.23. The van der Waals surface area contributed by atoms with Gasteiger partial charge in [0, 0.05) is 12.1 Å². The van der Waals surface area contributed by atoms with Crippen LogP contribution >= 0.6 is 0 Å². The van der Waals surface area contributed by atoms with E-state index in [1.165, 1.54) is 6.07 Å². The van der Waals surface area contributed by atoms with Crippen molar-refractivity contribution >= 4 is 15.5 Å². The minimum absolute atomic E-state index is 0.0245. The maximum Gasteiger partial charge on any atom is 0.271 e. The lowest BCUT2D eigenvalue weighted by molar-refractivity contribution is 0.590. The quantitative estimate of drug-likeness (QED) is 0.604. The Labute approximate surface area is 80.9 Å². The molecule has 0 saturated heterocycles. The maximum atomic E-state index is 11.3. The molecule has 0 saturated carbocycles. The predicted molar refractivity (Wildman–Crippen MR) is 52.7 cm³/mol.